The van der Waals surface area contributed by atoms with E-state index in [0.29, 0.717) is 6.17 Å². The fourth-order valence-electron chi connectivity index (χ4n) is 4.64. The van der Waals surface area contributed by atoms with Crippen LogP contribution in [0.25, 0.3) is 0 Å². The van der Waals surface area contributed by atoms with Gasteiger partial charge < -0.3 is 20.1 Å². The van der Waals surface area contributed by atoms with E-state index in [1.807, 2.05) is 0 Å². The van der Waals surface area contributed by atoms with Crippen LogP contribution in [0.2, 0.25) is 0 Å². The highest BCUT2D eigenvalue weighted by atomic mass is 16.5. The molecule has 0 aliphatic carbocycles. The molecule has 4 heteroatoms. The SMILES string of the molecule is COCCCNC(CCCCCCCCCCCCCCCCCCC(C)C)NCCCOC. The van der Waals surface area contributed by atoms with Gasteiger partial charge in [0.2, 0.25) is 0 Å². The van der Waals surface area contributed by atoms with Gasteiger partial charge >= 0.3 is 0 Å². The summed E-state index contributed by atoms with van der Waals surface area (Å²) in [4.78, 5) is 0. The Labute approximate surface area is 215 Å². The van der Waals surface area contributed by atoms with Crippen molar-refractivity contribution in [1.82, 2.24) is 10.6 Å². The van der Waals surface area contributed by atoms with Crippen molar-refractivity contribution in [3.63, 3.8) is 0 Å². The summed E-state index contributed by atoms with van der Waals surface area (Å²) in [6.45, 7) is 8.39. The molecule has 0 bridgehead atoms. The molecule has 206 valence electrons. The summed E-state index contributed by atoms with van der Waals surface area (Å²) >= 11 is 0. The number of hydrogen-bond acceptors (Lipinski definition) is 4. The molecule has 34 heavy (non-hydrogen) atoms. The fraction of sp³-hybridized carbons (Fsp3) is 1.00. The molecular formula is C30H64N2O2. The number of methoxy groups -OCH3 is 2. The predicted molar refractivity (Wildman–Crippen MR) is 151 cm³/mol. The van der Waals surface area contributed by atoms with Gasteiger partial charge in [-0.1, -0.05) is 123 Å². The van der Waals surface area contributed by atoms with Crippen molar-refractivity contribution in [2.75, 3.05) is 40.5 Å². The molecule has 0 rings (SSSR count). The van der Waals surface area contributed by atoms with Crippen LogP contribution in [-0.4, -0.2) is 46.7 Å². The topological polar surface area (TPSA) is 42.5 Å². The van der Waals surface area contributed by atoms with Crippen LogP contribution < -0.4 is 10.6 Å². The average Bonchev–Trinajstić information content (AvgIpc) is 2.82. The second-order valence-electron chi connectivity index (χ2n) is 10.8. The van der Waals surface area contributed by atoms with Gasteiger partial charge in [-0.2, -0.15) is 0 Å². The van der Waals surface area contributed by atoms with E-state index in [2.05, 4.69) is 24.5 Å². The minimum Gasteiger partial charge on any atom is -0.385 e. The van der Waals surface area contributed by atoms with Gasteiger partial charge in [-0.15, -0.1) is 0 Å². The van der Waals surface area contributed by atoms with Crippen molar-refractivity contribution in [1.29, 1.82) is 0 Å². The summed E-state index contributed by atoms with van der Waals surface area (Å²) in [5.41, 5.74) is 0. The van der Waals surface area contributed by atoms with E-state index in [9.17, 15) is 0 Å². The Morgan fingerprint density at radius 3 is 1.09 bits per heavy atom. The Hall–Kier alpha value is -0.160. The molecule has 4 nitrogen and oxygen atoms in total. The largest absolute Gasteiger partial charge is 0.385 e. The molecule has 0 aromatic carbocycles. The number of rotatable bonds is 29. The van der Waals surface area contributed by atoms with E-state index in [1.165, 1.54) is 116 Å². The zero-order valence-corrected chi connectivity index (χ0v) is 23.9. The molecule has 0 saturated heterocycles. The van der Waals surface area contributed by atoms with Crippen molar-refractivity contribution in [2.24, 2.45) is 5.92 Å². The molecule has 2 N–H and O–H groups in total. The third-order valence-corrected chi connectivity index (χ3v) is 6.86. The highest BCUT2D eigenvalue weighted by Gasteiger charge is 2.06. The molecule has 0 aliphatic heterocycles. The average molecular weight is 485 g/mol. The normalized spacial score (nSPS) is 11.8. The monoisotopic (exact) mass is 484 g/mol. The van der Waals surface area contributed by atoms with E-state index in [-0.39, 0.29) is 0 Å². The number of ether oxygens (including phenoxy) is 2. The van der Waals surface area contributed by atoms with Gasteiger partial charge in [0.05, 0.1) is 6.17 Å². The third-order valence-electron chi connectivity index (χ3n) is 6.86. The number of nitrogens with one attached hydrogen (secondary N) is 2. The first-order chi connectivity index (χ1) is 16.7. The predicted octanol–water partition coefficient (Wildman–Crippen LogP) is 8.24. The van der Waals surface area contributed by atoms with Crippen LogP contribution in [0.15, 0.2) is 0 Å². The van der Waals surface area contributed by atoms with E-state index in [4.69, 9.17) is 9.47 Å². The van der Waals surface area contributed by atoms with Gasteiger partial charge in [-0.25, -0.2) is 0 Å². The Kier molecular flexibility index (Phi) is 28.9. The first-order valence-corrected chi connectivity index (χ1v) is 15.1. The number of unbranched alkanes of at least 4 members (excludes halogenated alkanes) is 15. The van der Waals surface area contributed by atoms with E-state index in [0.717, 1.165) is 45.1 Å². The van der Waals surface area contributed by atoms with Crippen LogP contribution in [0, 0.1) is 5.92 Å². The van der Waals surface area contributed by atoms with Crippen LogP contribution in [0.4, 0.5) is 0 Å². The fourth-order valence-corrected chi connectivity index (χ4v) is 4.64. The van der Waals surface area contributed by atoms with Crippen molar-refractivity contribution in [3.8, 4) is 0 Å². The van der Waals surface area contributed by atoms with Gasteiger partial charge in [0.25, 0.3) is 0 Å². The van der Waals surface area contributed by atoms with Gasteiger partial charge in [-0.3, -0.25) is 0 Å². The molecule has 0 spiro atoms. The molecule has 0 aromatic rings. The number of hydrogen-bond donors (Lipinski definition) is 2. The lowest BCUT2D eigenvalue weighted by Gasteiger charge is -2.20. The molecule has 0 aliphatic rings. The van der Waals surface area contributed by atoms with Gasteiger partial charge in [0, 0.05) is 27.4 Å². The Bertz CT molecular complexity index is 354. The Balaban J connectivity index is 3.41. The van der Waals surface area contributed by atoms with E-state index in [1.54, 1.807) is 14.2 Å². The van der Waals surface area contributed by atoms with Crippen molar-refractivity contribution >= 4 is 0 Å². The van der Waals surface area contributed by atoms with Crippen LogP contribution in [0.3, 0.4) is 0 Å². The first kappa shape index (κ1) is 33.8. The van der Waals surface area contributed by atoms with Crippen molar-refractivity contribution in [2.45, 2.75) is 148 Å². The van der Waals surface area contributed by atoms with Crippen LogP contribution in [0.1, 0.15) is 142 Å². The lowest BCUT2D eigenvalue weighted by Crippen LogP contribution is -2.43. The highest BCUT2D eigenvalue weighted by molar-refractivity contribution is 4.65. The molecule has 0 amide bonds. The third kappa shape index (κ3) is 28.1. The summed E-state index contributed by atoms with van der Waals surface area (Å²) in [7, 11) is 3.55. The maximum Gasteiger partial charge on any atom is 0.0571 e. The van der Waals surface area contributed by atoms with Gasteiger partial charge in [0.1, 0.15) is 0 Å². The Morgan fingerprint density at radius 2 is 0.765 bits per heavy atom. The quantitative estimate of drug-likeness (QED) is 0.0828. The molecular weight excluding hydrogens is 420 g/mol. The van der Waals surface area contributed by atoms with Crippen molar-refractivity contribution in [3.05, 3.63) is 0 Å². The lowest BCUT2D eigenvalue weighted by atomic mass is 10.0. The van der Waals surface area contributed by atoms with E-state index >= 15 is 0 Å². The standard InChI is InChI=1S/C30H64N2O2/c1-29(2)23-19-17-15-13-11-9-7-5-6-8-10-12-14-16-18-20-24-30(31-25-21-27-33-3)32-26-22-28-34-4/h29-32H,5-28H2,1-4H3. The summed E-state index contributed by atoms with van der Waals surface area (Å²) in [5, 5.41) is 7.32. The van der Waals surface area contributed by atoms with Gasteiger partial charge in [0.15, 0.2) is 0 Å². The van der Waals surface area contributed by atoms with Gasteiger partial charge in [-0.05, 0) is 38.3 Å². The van der Waals surface area contributed by atoms with Crippen LogP contribution in [0.5, 0.6) is 0 Å². The summed E-state index contributed by atoms with van der Waals surface area (Å²) < 4.78 is 10.3. The minimum atomic E-state index is 0.429. The molecule has 0 saturated carbocycles. The van der Waals surface area contributed by atoms with Crippen molar-refractivity contribution < 1.29 is 9.47 Å². The summed E-state index contributed by atoms with van der Waals surface area (Å²) in [5.74, 6) is 0.885. The maximum atomic E-state index is 5.16. The van der Waals surface area contributed by atoms with Crippen LogP contribution >= 0.6 is 0 Å². The second-order valence-corrected chi connectivity index (χ2v) is 10.8. The maximum absolute atomic E-state index is 5.16. The zero-order chi connectivity index (χ0) is 25.0. The zero-order valence-electron chi connectivity index (χ0n) is 23.9. The first-order valence-electron chi connectivity index (χ1n) is 15.1. The molecule has 0 heterocycles. The Morgan fingerprint density at radius 1 is 0.441 bits per heavy atom. The summed E-state index contributed by atoms with van der Waals surface area (Å²) in [6, 6.07) is 0. The minimum absolute atomic E-state index is 0.429. The smallest absolute Gasteiger partial charge is 0.0571 e. The molecule has 0 radical (unpaired) electrons. The lowest BCUT2D eigenvalue weighted by molar-refractivity contribution is 0.187. The molecule has 0 atom stereocenters. The second kappa shape index (κ2) is 29.1. The molecule has 0 aromatic heterocycles. The summed E-state index contributed by atoms with van der Waals surface area (Å²) in [6.07, 6.45) is 28.2. The molecule has 0 unspecified atom stereocenters. The molecule has 0 fully saturated rings. The van der Waals surface area contributed by atoms with Crippen LogP contribution in [-0.2, 0) is 9.47 Å². The van der Waals surface area contributed by atoms with E-state index < -0.39 is 0 Å². The highest BCUT2D eigenvalue weighted by Crippen LogP contribution is 2.15.